The van der Waals surface area contributed by atoms with Crippen LogP contribution in [0.4, 0.5) is 4.79 Å². The minimum atomic E-state index is -0.183. The Morgan fingerprint density at radius 1 is 1.47 bits per heavy atom. The second kappa shape index (κ2) is 5.35. The molecule has 1 unspecified atom stereocenters. The molecule has 0 aromatic rings. The summed E-state index contributed by atoms with van der Waals surface area (Å²) in [5, 5.41) is 3.06. The van der Waals surface area contributed by atoms with Crippen LogP contribution in [0.3, 0.4) is 0 Å². The average Bonchev–Trinajstić information content (AvgIpc) is 2.19. The largest absolute Gasteiger partial charge is 0.379 e. The summed E-state index contributed by atoms with van der Waals surface area (Å²) in [4.78, 5) is 13.6. The molecule has 4 heteroatoms. The quantitative estimate of drug-likeness (QED) is 0.775. The number of rotatable bonds is 3. The van der Waals surface area contributed by atoms with E-state index in [1.54, 1.807) is 4.90 Å². The fourth-order valence-electron chi connectivity index (χ4n) is 1.88. The second-order valence-electron chi connectivity index (χ2n) is 4.32. The number of ether oxygens (including phenoxy) is 1. The zero-order chi connectivity index (χ0) is 11.3. The van der Waals surface area contributed by atoms with E-state index in [0.29, 0.717) is 6.61 Å². The van der Waals surface area contributed by atoms with E-state index in [0.717, 1.165) is 32.5 Å². The van der Waals surface area contributed by atoms with Gasteiger partial charge in [0.15, 0.2) is 0 Å². The Balaban J connectivity index is 2.48. The summed E-state index contributed by atoms with van der Waals surface area (Å²) in [5.41, 5.74) is -0.183. The highest BCUT2D eigenvalue weighted by molar-refractivity contribution is 5.75. The van der Waals surface area contributed by atoms with E-state index >= 15 is 0 Å². The molecule has 1 aliphatic heterocycles. The number of carbonyl (C=O) groups excluding carboxylic acids is 1. The Labute approximate surface area is 92.0 Å². The first-order valence-corrected chi connectivity index (χ1v) is 5.76. The van der Waals surface area contributed by atoms with E-state index in [-0.39, 0.29) is 11.6 Å². The van der Waals surface area contributed by atoms with Crippen molar-refractivity contribution in [3.63, 3.8) is 0 Å². The molecular formula is C11H22N2O2. The lowest BCUT2D eigenvalue weighted by molar-refractivity contribution is 0.0310. The molecule has 88 valence electrons. The molecule has 15 heavy (non-hydrogen) atoms. The first-order valence-electron chi connectivity index (χ1n) is 5.76. The van der Waals surface area contributed by atoms with E-state index in [1.165, 1.54) is 0 Å². The van der Waals surface area contributed by atoms with Crippen LogP contribution in [-0.2, 0) is 4.74 Å². The van der Waals surface area contributed by atoms with Crippen LogP contribution in [0.15, 0.2) is 0 Å². The highest BCUT2D eigenvalue weighted by Crippen LogP contribution is 2.18. The van der Waals surface area contributed by atoms with Crippen LogP contribution in [0.5, 0.6) is 0 Å². The fraction of sp³-hybridized carbons (Fsp3) is 0.909. The van der Waals surface area contributed by atoms with Crippen molar-refractivity contribution in [3.05, 3.63) is 0 Å². The maximum atomic E-state index is 11.8. The summed E-state index contributed by atoms with van der Waals surface area (Å²) in [7, 11) is 0. The van der Waals surface area contributed by atoms with E-state index in [2.05, 4.69) is 5.32 Å². The third kappa shape index (κ3) is 3.38. The van der Waals surface area contributed by atoms with E-state index in [1.807, 2.05) is 20.8 Å². The third-order valence-electron chi connectivity index (χ3n) is 2.90. The average molecular weight is 214 g/mol. The predicted octanol–water partition coefficient (Wildman–Crippen LogP) is 1.61. The lowest BCUT2D eigenvalue weighted by Gasteiger charge is -2.36. The minimum Gasteiger partial charge on any atom is -0.379 e. The maximum Gasteiger partial charge on any atom is 0.317 e. The normalized spacial score (nSPS) is 26.1. The number of urea groups is 1. The van der Waals surface area contributed by atoms with Crippen LogP contribution >= 0.6 is 0 Å². The van der Waals surface area contributed by atoms with Crippen molar-refractivity contribution in [3.8, 4) is 0 Å². The van der Waals surface area contributed by atoms with Gasteiger partial charge in [-0.3, -0.25) is 0 Å². The van der Waals surface area contributed by atoms with Gasteiger partial charge in [0.05, 0.1) is 12.1 Å². The number of nitrogens with one attached hydrogen (secondary N) is 1. The van der Waals surface area contributed by atoms with Crippen molar-refractivity contribution in [1.29, 1.82) is 0 Å². The Bertz CT molecular complexity index is 209. The Hall–Kier alpha value is -0.770. The zero-order valence-corrected chi connectivity index (χ0v) is 10.0. The van der Waals surface area contributed by atoms with Crippen LogP contribution in [-0.4, -0.2) is 42.8 Å². The van der Waals surface area contributed by atoms with Crippen LogP contribution in [0, 0.1) is 0 Å². The molecule has 0 aliphatic carbocycles. The molecule has 1 aliphatic rings. The van der Waals surface area contributed by atoms with Gasteiger partial charge in [0.2, 0.25) is 0 Å². The van der Waals surface area contributed by atoms with Crippen molar-refractivity contribution in [2.24, 2.45) is 0 Å². The van der Waals surface area contributed by atoms with Crippen LogP contribution in [0.1, 0.15) is 33.6 Å². The molecule has 1 atom stereocenters. The van der Waals surface area contributed by atoms with Crippen molar-refractivity contribution in [2.75, 3.05) is 26.3 Å². The number of nitrogens with zero attached hydrogens (tertiary/aromatic N) is 1. The number of hydrogen-bond acceptors (Lipinski definition) is 2. The molecule has 0 radical (unpaired) electrons. The lowest BCUT2D eigenvalue weighted by atomic mass is 9.95. The van der Waals surface area contributed by atoms with Crippen molar-refractivity contribution < 1.29 is 9.53 Å². The van der Waals surface area contributed by atoms with E-state index in [9.17, 15) is 4.79 Å². The smallest absolute Gasteiger partial charge is 0.317 e. The van der Waals surface area contributed by atoms with Gasteiger partial charge in [-0.15, -0.1) is 0 Å². The van der Waals surface area contributed by atoms with Crippen LogP contribution in [0.2, 0.25) is 0 Å². The summed E-state index contributed by atoms with van der Waals surface area (Å²) >= 11 is 0. The van der Waals surface area contributed by atoms with Gasteiger partial charge < -0.3 is 15.0 Å². The molecule has 1 rings (SSSR count). The number of amides is 2. The summed E-state index contributed by atoms with van der Waals surface area (Å²) in [6, 6.07) is 0.0213. The van der Waals surface area contributed by atoms with Crippen molar-refractivity contribution in [1.82, 2.24) is 10.2 Å². The second-order valence-corrected chi connectivity index (χ2v) is 4.32. The van der Waals surface area contributed by atoms with Gasteiger partial charge in [-0.2, -0.15) is 0 Å². The van der Waals surface area contributed by atoms with Gasteiger partial charge in [-0.25, -0.2) is 4.79 Å². The Kier molecular flexibility index (Phi) is 4.39. The molecule has 0 spiro atoms. The van der Waals surface area contributed by atoms with Gasteiger partial charge in [-0.1, -0.05) is 0 Å². The summed E-state index contributed by atoms with van der Waals surface area (Å²) in [6.45, 7) is 8.97. The summed E-state index contributed by atoms with van der Waals surface area (Å²) in [5.74, 6) is 0. The summed E-state index contributed by atoms with van der Waals surface area (Å²) < 4.78 is 5.40. The topological polar surface area (TPSA) is 41.6 Å². The first-order chi connectivity index (χ1) is 7.11. The van der Waals surface area contributed by atoms with Crippen molar-refractivity contribution >= 4 is 6.03 Å². The van der Waals surface area contributed by atoms with Crippen molar-refractivity contribution in [2.45, 2.75) is 39.2 Å². The highest BCUT2D eigenvalue weighted by atomic mass is 16.5. The van der Waals surface area contributed by atoms with Gasteiger partial charge in [0.25, 0.3) is 0 Å². The van der Waals surface area contributed by atoms with Crippen LogP contribution < -0.4 is 5.32 Å². The zero-order valence-electron chi connectivity index (χ0n) is 10.0. The molecule has 1 saturated heterocycles. The Morgan fingerprint density at radius 3 is 2.60 bits per heavy atom. The molecule has 4 nitrogen and oxygen atoms in total. The lowest BCUT2D eigenvalue weighted by Crippen LogP contribution is -2.55. The van der Waals surface area contributed by atoms with Gasteiger partial charge in [-0.05, 0) is 33.6 Å². The standard InChI is InChI=1S/C11H22N2O2/c1-4-13(5-2)10(14)12-11(3)7-6-8-15-9-11/h4-9H2,1-3H3,(H,12,14). The molecule has 1 heterocycles. The molecule has 0 aromatic heterocycles. The summed E-state index contributed by atoms with van der Waals surface area (Å²) in [6.07, 6.45) is 2.02. The molecule has 1 N–H and O–H groups in total. The minimum absolute atomic E-state index is 0.0213. The van der Waals surface area contributed by atoms with Gasteiger partial charge >= 0.3 is 6.03 Å². The predicted molar refractivity (Wildman–Crippen MR) is 59.9 cm³/mol. The molecular weight excluding hydrogens is 192 g/mol. The first kappa shape index (κ1) is 12.3. The van der Waals surface area contributed by atoms with Crippen LogP contribution in [0.25, 0.3) is 0 Å². The molecule has 0 bridgehead atoms. The maximum absolute atomic E-state index is 11.8. The third-order valence-corrected chi connectivity index (χ3v) is 2.90. The molecule has 0 saturated carbocycles. The monoisotopic (exact) mass is 214 g/mol. The van der Waals surface area contributed by atoms with E-state index < -0.39 is 0 Å². The van der Waals surface area contributed by atoms with E-state index in [4.69, 9.17) is 4.74 Å². The molecule has 1 fully saturated rings. The number of hydrogen-bond donors (Lipinski definition) is 1. The van der Waals surface area contributed by atoms with Gasteiger partial charge in [0.1, 0.15) is 0 Å². The molecule has 2 amide bonds. The molecule has 0 aromatic carbocycles. The fourth-order valence-corrected chi connectivity index (χ4v) is 1.88. The SMILES string of the molecule is CCN(CC)C(=O)NC1(C)CCCOC1. The Morgan fingerprint density at radius 2 is 2.13 bits per heavy atom. The van der Waals surface area contributed by atoms with Gasteiger partial charge in [0, 0.05) is 19.7 Å². The number of carbonyl (C=O) groups is 1. The highest BCUT2D eigenvalue weighted by Gasteiger charge is 2.30.